The van der Waals surface area contributed by atoms with Gasteiger partial charge in [0, 0.05) is 12.8 Å². The van der Waals surface area contributed by atoms with E-state index in [4.69, 9.17) is 9.47 Å². The Morgan fingerprint density at radius 3 is 2.31 bits per heavy atom. The average molecular weight is 188 g/mol. The first-order chi connectivity index (χ1) is 6.27. The highest BCUT2D eigenvalue weighted by molar-refractivity contribution is 5.75. The standard InChI is InChI=1S/C9H16O4/c1-9(11)3-6-13-8-7-12-5-2-4-10/h4H,2-3,5-8H2,1H3. The summed E-state index contributed by atoms with van der Waals surface area (Å²) in [5.41, 5.74) is 0. The monoisotopic (exact) mass is 188 g/mol. The summed E-state index contributed by atoms with van der Waals surface area (Å²) < 4.78 is 10.1. The molecule has 76 valence electrons. The highest BCUT2D eigenvalue weighted by Gasteiger charge is 1.93. The summed E-state index contributed by atoms with van der Waals surface area (Å²) in [7, 11) is 0. The maximum Gasteiger partial charge on any atom is 0.132 e. The molecule has 0 spiro atoms. The highest BCUT2D eigenvalue weighted by atomic mass is 16.5. The summed E-state index contributed by atoms with van der Waals surface area (Å²) in [5, 5.41) is 0. The second-order valence-electron chi connectivity index (χ2n) is 2.63. The Bertz CT molecular complexity index is 145. The Kier molecular flexibility index (Phi) is 8.82. The predicted molar refractivity (Wildman–Crippen MR) is 47.6 cm³/mol. The normalized spacial score (nSPS) is 9.92. The lowest BCUT2D eigenvalue weighted by Crippen LogP contribution is -2.07. The van der Waals surface area contributed by atoms with Crippen LogP contribution in [0.5, 0.6) is 0 Å². The minimum atomic E-state index is 0.127. The van der Waals surface area contributed by atoms with E-state index in [2.05, 4.69) is 0 Å². The third kappa shape index (κ3) is 11.3. The van der Waals surface area contributed by atoms with Gasteiger partial charge in [0.2, 0.25) is 0 Å². The molecule has 0 aliphatic heterocycles. The summed E-state index contributed by atoms with van der Waals surface area (Å²) in [4.78, 5) is 20.3. The van der Waals surface area contributed by atoms with E-state index in [1.165, 1.54) is 6.92 Å². The largest absolute Gasteiger partial charge is 0.379 e. The van der Waals surface area contributed by atoms with Crippen molar-refractivity contribution in [2.45, 2.75) is 19.8 Å². The highest BCUT2D eigenvalue weighted by Crippen LogP contribution is 1.85. The van der Waals surface area contributed by atoms with Gasteiger partial charge in [-0.2, -0.15) is 0 Å². The molecule has 0 saturated heterocycles. The van der Waals surface area contributed by atoms with Crippen molar-refractivity contribution in [2.75, 3.05) is 26.4 Å². The zero-order valence-electron chi connectivity index (χ0n) is 7.95. The minimum Gasteiger partial charge on any atom is -0.379 e. The SMILES string of the molecule is CC(=O)CCOCCOCCC=O. The maximum atomic E-state index is 10.5. The quantitative estimate of drug-likeness (QED) is 0.392. The Morgan fingerprint density at radius 1 is 1.15 bits per heavy atom. The third-order valence-corrected chi connectivity index (χ3v) is 1.35. The molecule has 0 bridgehead atoms. The van der Waals surface area contributed by atoms with Crippen molar-refractivity contribution in [1.82, 2.24) is 0 Å². The minimum absolute atomic E-state index is 0.127. The van der Waals surface area contributed by atoms with E-state index < -0.39 is 0 Å². The second-order valence-corrected chi connectivity index (χ2v) is 2.63. The lowest BCUT2D eigenvalue weighted by Gasteiger charge is -2.02. The van der Waals surface area contributed by atoms with Gasteiger partial charge >= 0.3 is 0 Å². The van der Waals surface area contributed by atoms with Gasteiger partial charge in [0.05, 0.1) is 26.4 Å². The summed E-state index contributed by atoms with van der Waals surface area (Å²) in [6.45, 7) is 3.38. The third-order valence-electron chi connectivity index (χ3n) is 1.35. The lowest BCUT2D eigenvalue weighted by atomic mass is 10.3. The fourth-order valence-electron chi connectivity index (χ4n) is 0.669. The first-order valence-corrected chi connectivity index (χ1v) is 4.36. The van der Waals surface area contributed by atoms with Crippen LogP contribution in [0.25, 0.3) is 0 Å². The number of carbonyl (C=O) groups excluding carboxylic acids is 2. The van der Waals surface area contributed by atoms with Crippen molar-refractivity contribution < 1.29 is 19.1 Å². The molecule has 0 radical (unpaired) electrons. The summed E-state index contributed by atoms with van der Waals surface area (Å²) in [5.74, 6) is 0.127. The van der Waals surface area contributed by atoms with E-state index >= 15 is 0 Å². The van der Waals surface area contributed by atoms with Gasteiger partial charge in [0.1, 0.15) is 12.1 Å². The molecule has 0 N–H and O–H groups in total. The number of carbonyl (C=O) groups is 2. The Morgan fingerprint density at radius 2 is 1.77 bits per heavy atom. The van der Waals surface area contributed by atoms with Crippen molar-refractivity contribution in [2.24, 2.45) is 0 Å². The molecule has 4 nitrogen and oxygen atoms in total. The van der Waals surface area contributed by atoms with Crippen molar-refractivity contribution in [1.29, 1.82) is 0 Å². The van der Waals surface area contributed by atoms with E-state index in [0.717, 1.165) is 6.29 Å². The number of hydrogen-bond acceptors (Lipinski definition) is 4. The van der Waals surface area contributed by atoms with E-state index in [-0.39, 0.29) is 5.78 Å². The molecular weight excluding hydrogens is 172 g/mol. The van der Waals surface area contributed by atoms with Gasteiger partial charge in [0.25, 0.3) is 0 Å². The maximum absolute atomic E-state index is 10.5. The molecular formula is C9H16O4. The first-order valence-electron chi connectivity index (χ1n) is 4.36. The summed E-state index contributed by atoms with van der Waals surface area (Å²) >= 11 is 0. The molecule has 0 aromatic rings. The second kappa shape index (κ2) is 9.35. The van der Waals surface area contributed by atoms with Crippen molar-refractivity contribution in [3.05, 3.63) is 0 Å². The number of rotatable bonds is 9. The number of hydrogen-bond donors (Lipinski definition) is 0. The van der Waals surface area contributed by atoms with Crippen LogP contribution >= 0.6 is 0 Å². The predicted octanol–water partition coefficient (Wildman–Crippen LogP) is 0.588. The van der Waals surface area contributed by atoms with Crippen LogP contribution in [0.4, 0.5) is 0 Å². The smallest absolute Gasteiger partial charge is 0.132 e. The Balaban J connectivity index is 2.91. The molecule has 4 heteroatoms. The molecule has 0 aromatic heterocycles. The number of ketones is 1. The fourth-order valence-corrected chi connectivity index (χ4v) is 0.669. The molecule has 0 unspecified atom stereocenters. The first kappa shape index (κ1) is 12.3. The van der Waals surface area contributed by atoms with Crippen molar-refractivity contribution in [3.63, 3.8) is 0 Å². The van der Waals surface area contributed by atoms with Gasteiger partial charge in [-0.15, -0.1) is 0 Å². The number of aldehydes is 1. The van der Waals surface area contributed by atoms with Gasteiger partial charge in [0.15, 0.2) is 0 Å². The van der Waals surface area contributed by atoms with Gasteiger partial charge < -0.3 is 14.3 Å². The molecule has 0 fully saturated rings. The fraction of sp³-hybridized carbons (Fsp3) is 0.778. The molecule has 0 heterocycles. The summed E-state index contributed by atoms with van der Waals surface area (Å²) in [6, 6.07) is 0. The molecule has 0 aliphatic carbocycles. The van der Waals surface area contributed by atoms with Crippen LogP contribution in [-0.2, 0) is 19.1 Å². The van der Waals surface area contributed by atoms with Crippen molar-refractivity contribution >= 4 is 12.1 Å². The van der Waals surface area contributed by atoms with Gasteiger partial charge in [-0.05, 0) is 6.92 Å². The molecule has 0 atom stereocenters. The van der Waals surface area contributed by atoms with Crippen LogP contribution in [0.3, 0.4) is 0 Å². The van der Waals surface area contributed by atoms with E-state index in [0.29, 0.717) is 39.3 Å². The van der Waals surface area contributed by atoms with Crippen LogP contribution in [0.2, 0.25) is 0 Å². The molecule has 0 amide bonds. The topological polar surface area (TPSA) is 52.6 Å². The average Bonchev–Trinajstić information content (AvgIpc) is 2.09. The molecule has 0 rings (SSSR count). The lowest BCUT2D eigenvalue weighted by molar-refractivity contribution is -0.118. The van der Waals surface area contributed by atoms with Crippen LogP contribution in [0, 0.1) is 0 Å². The van der Waals surface area contributed by atoms with Crippen molar-refractivity contribution in [3.8, 4) is 0 Å². The molecule has 13 heavy (non-hydrogen) atoms. The zero-order chi connectivity index (χ0) is 9.94. The zero-order valence-corrected chi connectivity index (χ0v) is 7.95. The van der Waals surface area contributed by atoms with E-state index in [9.17, 15) is 9.59 Å². The van der Waals surface area contributed by atoms with Gasteiger partial charge in [-0.3, -0.25) is 4.79 Å². The van der Waals surface area contributed by atoms with Crippen LogP contribution in [0.1, 0.15) is 19.8 Å². The molecule has 0 aromatic carbocycles. The Hall–Kier alpha value is -0.740. The summed E-state index contributed by atoms with van der Waals surface area (Å²) in [6.07, 6.45) is 1.69. The molecule has 0 aliphatic rings. The number of ether oxygens (including phenoxy) is 2. The van der Waals surface area contributed by atoms with Gasteiger partial charge in [-0.25, -0.2) is 0 Å². The van der Waals surface area contributed by atoms with E-state index in [1.54, 1.807) is 0 Å². The van der Waals surface area contributed by atoms with Crippen LogP contribution in [0.15, 0.2) is 0 Å². The van der Waals surface area contributed by atoms with Crippen LogP contribution in [-0.4, -0.2) is 38.5 Å². The van der Waals surface area contributed by atoms with Crippen LogP contribution < -0.4 is 0 Å². The van der Waals surface area contributed by atoms with E-state index in [1.807, 2.05) is 0 Å². The number of Topliss-reactive ketones (excluding diaryl/α,β-unsaturated/α-hetero) is 1. The molecule has 0 saturated carbocycles. The Labute approximate surface area is 78.2 Å². The van der Waals surface area contributed by atoms with Gasteiger partial charge in [-0.1, -0.05) is 0 Å².